The van der Waals surface area contributed by atoms with Crippen molar-refractivity contribution in [3.05, 3.63) is 46.5 Å². The molecule has 0 fully saturated rings. The van der Waals surface area contributed by atoms with Gasteiger partial charge in [0.15, 0.2) is 5.13 Å². The van der Waals surface area contributed by atoms with E-state index in [1.165, 1.54) is 11.3 Å². The Morgan fingerprint density at radius 3 is 2.43 bits per heavy atom. The zero-order valence-corrected chi connectivity index (χ0v) is 13.7. The molecule has 21 heavy (non-hydrogen) atoms. The summed E-state index contributed by atoms with van der Waals surface area (Å²) in [6.45, 7) is 5.58. The monoisotopic (exact) mass is 325 g/mol. The molecule has 2 aromatic rings. The standard InChI is InChI=1S/C14H19N3O2S2/c1-3-15-8-12-4-6-13(7-5-12)10-21(18,19)17-14-16-11(2)9-20-14/h4-7,9,15H,3,8,10H2,1-2H3,(H,16,17). The molecule has 0 aliphatic rings. The molecule has 0 aliphatic carbocycles. The highest BCUT2D eigenvalue weighted by molar-refractivity contribution is 7.92. The molecule has 1 heterocycles. The number of hydrogen-bond donors (Lipinski definition) is 2. The Balaban J connectivity index is 1.99. The highest BCUT2D eigenvalue weighted by Gasteiger charge is 2.13. The lowest BCUT2D eigenvalue weighted by Gasteiger charge is -2.07. The van der Waals surface area contributed by atoms with E-state index in [2.05, 4.69) is 15.0 Å². The van der Waals surface area contributed by atoms with Crippen LogP contribution in [0.2, 0.25) is 0 Å². The van der Waals surface area contributed by atoms with Gasteiger partial charge in [-0.15, -0.1) is 11.3 Å². The van der Waals surface area contributed by atoms with E-state index < -0.39 is 10.0 Å². The summed E-state index contributed by atoms with van der Waals surface area (Å²) in [5, 5.41) is 5.46. The topological polar surface area (TPSA) is 71.1 Å². The second-order valence-corrected chi connectivity index (χ2v) is 7.33. The van der Waals surface area contributed by atoms with E-state index in [-0.39, 0.29) is 5.75 Å². The third-order valence-corrected chi connectivity index (χ3v) is 5.04. The summed E-state index contributed by atoms with van der Waals surface area (Å²) < 4.78 is 26.7. The molecule has 0 amide bonds. The number of anilines is 1. The first kappa shape index (κ1) is 15.9. The molecule has 2 N–H and O–H groups in total. The Kier molecular flexibility index (Phi) is 5.33. The number of rotatable bonds is 7. The maximum Gasteiger partial charge on any atom is 0.238 e. The molecule has 114 valence electrons. The number of aryl methyl sites for hydroxylation is 1. The molecule has 2 rings (SSSR count). The molecule has 0 bridgehead atoms. The predicted octanol–water partition coefficient (Wildman–Crippen LogP) is 2.50. The van der Waals surface area contributed by atoms with Crippen LogP contribution in [0.25, 0.3) is 0 Å². The first-order valence-electron chi connectivity index (χ1n) is 6.69. The first-order chi connectivity index (χ1) is 9.98. The van der Waals surface area contributed by atoms with Crippen molar-refractivity contribution in [2.75, 3.05) is 11.3 Å². The molecule has 1 aromatic heterocycles. The molecular formula is C14H19N3O2S2. The third kappa shape index (κ3) is 5.11. The highest BCUT2D eigenvalue weighted by Crippen LogP contribution is 2.17. The summed E-state index contributed by atoms with van der Waals surface area (Å²) >= 11 is 1.29. The summed E-state index contributed by atoms with van der Waals surface area (Å²) in [5.41, 5.74) is 2.71. The number of benzene rings is 1. The lowest BCUT2D eigenvalue weighted by molar-refractivity contribution is 0.600. The third-order valence-electron chi connectivity index (χ3n) is 2.82. The van der Waals surface area contributed by atoms with E-state index in [4.69, 9.17) is 0 Å². The van der Waals surface area contributed by atoms with Gasteiger partial charge in [0, 0.05) is 11.9 Å². The second kappa shape index (κ2) is 7.02. The highest BCUT2D eigenvalue weighted by atomic mass is 32.2. The molecular weight excluding hydrogens is 306 g/mol. The van der Waals surface area contributed by atoms with E-state index >= 15 is 0 Å². The van der Waals surface area contributed by atoms with E-state index in [0.29, 0.717) is 5.13 Å². The van der Waals surface area contributed by atoms with Crippen LogP contribution in [-0.4, -0.2) is 19.9 Å². The van der Waals surface area contributed by atoms with Gasteiger partial charge in [-0.05, 0) is 24.6 Å². The molecule has 0 unspecified atom stereocenters. The van der Waals surface area contributed by atoms with E-state index in [1.807, 2.05) is 43.5 Å². The lowest BCUT2D eigenvalue weighted by atomic mass is 10.1. The van der Waals surface area contributed by atoms with Gasteiger partial charge in [0.25, 0.3) is 0 Å². The molecule has 0 radical (unpaired) electrons. The van der Waals surface area contributed by atoms with Crippen LogP contribution in [0, 0.1) is 6.92 Å². The van der Waals surface area contributed by atoms with Crippen LogP contribution in [0.5, 0.6) is 0 Å². The number of nitrogens with one attached hydrogen (secondary N) is 2. The van der Waals surface area contributed by atoms with Crippen LogP contribution >= 0.6 is 11.3 Å². The second-order valence-electron chi connectivity index (χ2n) is 4.75. The Morgan fingerprint density at radius 1 is 1.19 bits per heavy atom. The average molecular weight is 325 g/mol. The summed E-state index contributed by atoms with van der Waals surface area (Å²) in [4.78, 5) is 4.11. The smallest absolute Gasteiger partial charge is 0.238 e. The van der Waals surface area contributed by atoms with Gasteiger partial charge in [-0.2, -0.15) is 0 Å². The van der Waals surface area contributed by atoms with Crippen molar-refractivity contribution in [2.45, 2.75) is 26.1 Å². The van der Waals surface area contributed by atoms with Crippen LogP contribution in [0.1, 0.15) is 23.7 Å². The number of aromatic nitrogens is 1. The minimum atomic E-state index is -3.42. The van der Waals surface area contributed by atoms with E-state index in [1.54, 1.807) is 0 Å². The van der Waals surface area contributed by atoms with Gasteiger partial charge in [-0.3, -0.25) is 4.72 Å². The maximum atomic E-state index is 12.1. The Bertz CT molecular complexity index is 678. The summed E-state index contributed by atoms with van der Waals surface area (Å²) in [5.74, 6) is -0.0485. The van der Waals surface area contributed by atoms with Crippen molar-refractivity contribution in [2.24, 2.45) is 0 Å². The van der Waals surface area contributed by atoms with Crippen LogP contribution in [0.3, 0.4) is 0 Å². The molecule has 1 aromatic carbocycles. The Hall–Kier alpha value is -1.44. The molecule has 0 aliphatic heterocycles. The van der Waals surface area contributed by atoms with Crippen molar-refractivity contribution in [1.29, 1.82) is 0 Å². The molecule has 0 spiro atoms. The molecule has 0 saturated carbocycles. The number of thiazole rings is 1. The first-order valence-corrected chi connectivity index (χ1v) is 9.23. The molecule has 0 saturated heterocycles. The van der Waals surface area contributed by atoms with Crippen molar-refractivity contribution < 1.29 is 8.42 Å². The van der Waals surface area contributed by atoms with Gasteiger partial charge >= 0.3 is 0 Å². The largest absolute Gasteiger partial charge is 0.313 e. The number of hydrogen-bond acceptors (Lipinski definition) is 5. The van der Waals surface area contributed by atoms with Crippen molar-refractivity contribution in [1.82, 2.24) is 10.3 Å². The lowest BCUT2D eigenvalue weighted by Crippen LogP contribution is -2.15. The van der Waals surface area contributed by atoms with Gasteiger partial charge in [-0.1, -0.05) is 31.2 Å². The number of sulfonamides is 1. The minimum absolute atomic E-state index is 0.0485. The van der Waals surface area contributed by atoms with Crippen LogP contribution in [0.15, 0.2) is 29.6 Å². The zero-order chi connectivity index (χ0) is 15.3. The van der Waals surface area contributed by atoms with Crippen LogP contribution in [0.4, 0.5) is 5.13 Å². The molecule has 7 heteroatoms. The molecule has 0 atom stereocenters. The Labute approximate surface area is 129 Å². The van der Waals surface area contributed by atoms with Gasteiger partial charge in [0.1, 0.15) is 0 Å². The van der Waals surface area contributed by atoms with Gasteiger partial charge in [-0.25, -0.2) is 13.4 Å². The fourth-order valence-corrected chi connectivity index (χ4v) is 3.93. The van der Waals surface area contributed by atoms with Crippen LogP contribution in [-0.2, 0) is 22.3 Å². The zero-order valence-electron chi connectivity index (χ0n) is 12.1. The number of nitrogens with zero attached hydrogens (tertiary/aromatic N) is 1. The van der Waals surface area contributed by atoms with Crippen molar-refractivity contribution in [3.8, 4) is 0 Å². The Morgan fingerprint density at radius 2 is 1.86 bits per heavy atom. The normalized spacial score (nSPS) is 11.5. The van der Waals surface area contributed by atoms with Crippen LogP contribution < -0.4 is 10.0 Å². The fourth-order valence-electron chi connectivity index (χ4n) is 1.81. The van der Waals surface area contributed by atoms with Crippen molar-refractivity contribution >= 4 is 26.5 Å². The van der Waals surface area contributed by atoms with E-state index in [0.717, 1.165) is 29.9 Å². The fraction of sp³-hybridized carbons (Fsp3) is 0.357. The van der Waals surface area contributed by atoms with Gasteiger partial charge < -0.3 is 5.32 Å². The van der Waals surface area contributed by atoms with Gasteiger partial charge in [0.2, 0.25) is 10.0 Å². The minimum Gasteiger partial charge on any atom is -0.313 e. The predicted molar refractivity (Wildman–Crippen MR) is 86.9 cm³/mol. The summed E-state index contributed by atoms with van der Waals surface area (Å²) in [6.07, 6.45) is 0. The SMILES string of the molecule is CCNCc1ccc(CS(=O)(=O)Nc2nc(C)cs2)cc1. The maximum absolute atomic E-state index is 12.1. The van der Waals surface area contributed by atoms with E-state index in [9.17, 15) is 8.42 Å². The quantitative estimate of drug-likeness (QED) is 0.820. The summed E-state index contributed by atoms with van der Waals surface area (Å²) in [7, 11) is -3.42. The van der Waals surface area contributed by atoms with Crippen molar-refractivity contribution in [3.63, 3.8) is 0 Å². The summed E-state index contributed by atoms with van der Waals surface area (Å²) in [6, 6.07) is 7.58. The average Bonchev–Trinajstić information content (AvgIpc) is 2.82. The van der Waals surface area contributed by atoms with Gasteiger partial charge in [0.05, 0.1) is 11.4 Å². The molecule has 5 nitrogen and oxygen atoms in total.